The topological polar surface area (TPSA) is 90.6 Å². The van der Waals surface area contributed by atoms with E-state index in [2.05, 4.69) is 20.5 Å². The molecule has 0 saturated carbocycles. The molecule has 0 saturated heterocycles. The second-order valence-electron chi connectivity index (χ2n) is 4.75. The van der Waals surface area contributed by atoms with Crippen LogP contribution in [0, 0.1) is 0 Å². The second kappa shape index (κ2) is 6.09. The van der Waals surface area contributed by atoms with Gasteiger partial charge < -0.3 is 5.32 Å². The molecule has 3 rings (SSSR count). The van der Waals surface area contributed by atoms with Gasteiger partial charge in [0.25, 0.3) is 5.91 Å². The van der Waals surface area contributed by atoms with Gasteiger partial charge in [-0.25, -0.2) is 9.89 Å². The highest BCUT2D eigenvalue weighted by Crippen LogP contribution is 2.19. The smallest absolute Gasteiger partial charge is 0.340 e. The Morgan fingerprint density at radius 1 is 1.00 bits per heavy atom. The summed E-state index contributed by atoms with van der Waals surface area (Å²) in [5.41, 5.74) is 2.31. The molecular formula is C16H14N4O2. The van der Waals surface area contributed by atoms with Gasteiger partial charge in [-0.15, -0.1) is 0 Å². The molecule has 0 fully saturated rings. The minimum absolute atomic E-state index is 0.165. The van der Waals surface area contributed by atoms with Gasteiger partial charge in [0.2, 0.25) is 0 Å². The van der Waals surface area contributed by atoms with E-state index in [-0.39, 0.29) is 12.5 Å². The number of aromatic nitrogens is 3. The van der Waals surface area contributed by atoms with Crippen molar-refractivity contribution in [3.8, 4) is 11.1 Å². The summed E-state index contributed by atoms with van der Waals surface area (Å²) in [6, 6.07) is 17.3. The molecule has 1 heterocycles. The molecule has 1 aromatic heterocycles. The lowest BCUT2D eigenvalue weighted by Crippen LogP contribution is -2.23. The van der Waals surface area contributed by atoms with Crippen LogP contribution in [-0.2, 0) is 6.54 Å². The van der Waals surface area contributed by atoms with Gasteiger partial charge in [-0.3, -0.25) is 9.78 Å². The van der Waals surface area contributed by atoms with Gasteiger partial charge in [-0.05, 0) is 23.3 Å². The van der Waals surface area contributed by atoms with Crippen LogP contribution in [0.1, 0.15) is 16.2 Å². The lowest BCUT2D eigenvalue weighted by molar-refractivity contribution is 0.0950. The minimum Gasteiger partial charge on any atom is -0.345 e. The molecule has 6 nitrogen and oxygen atoms in total. The fourth-order valence-electron chi connectivity index (χ4n) is 2.10. The Kier molecular flexibility index (Phi) is 3.82. The number of H-pyrrole nitrogens is 2. The predicted molar refractivity (Wildman–Crippen MR) is 82.3 cm³/mol. The van der Waals surface area contributed by atoms with Crippen LogP contribution in [0.4, 0.5) is 0 Å². The van der Waals surface area contributed by atoms with E-state index in [1.165, 1.54) is 0 Å². The lowest BCUT2D eigenvalue weighted by Gasteiger charge is -2.05. The highest BCUT2D eigenvalue weighted by molar-refractivity contribution is 5.94. The third-order valence-electron chi connectivity index (χ3n) is 3.22. The monoisotopic (exact) mass is 294 g/mol. The molecule has 0 atom stereocenters. The van der Waals surface area contributed by atoms with E-state index in [4.69, 9.17) is 0 Å². The molecule has 3 aromatic rings. The normalized spacial score (nSPS) is 10.4. The molecule has 6 heteroatoms. The molecule has 110 valence electrons. The van der Waals surface area contributed by atoms with Crippen molar-refractivity contribution in [1.82, 2.24) is 20.5 Å². The Bertz CT molecular complexity index is 819. The molecule has 1 amide bonds. The molecule has 0 aliphatic heterocycles. The average molecular weight is 294 g/mol. The van der Waals surface area contributed by atoms with Crippen molar-refractivity contribution in [3.63, 3.8) is 0 Å². The molecule has 0 aliphatic carbocycles. The first-order valence-electron chi connectivity index (χ1n) is 6.79. The summed E-state index contributed by atoms with van der Waals surface area (Å²) in [6.07, 6.45) is 0. The number of nitrogens with zero attached hydrogens (tertiary/aromatic N) is 1. The van der Waals surface area contributed by atoms with Crippen molar-refractivity contribution in [3.05, 3.63) is 76.5 Å². The number of aromatic amines is 2. The highest BCUT2D eigenvalue weighted by atomic mass is 16.2. The predicted octanol–water partition coefficient (Wildman–Crippen LogP) is 1.69. The number of amides is 1. The highest BCUT2D eigenvalue weighted by Gasteiger charge is 2.07. The Hall–Kier alpha value is -3.15. The van der Waals surface area contributed by atoms with Crippen LogP contribution < -0.4 is 11.0 Å². The number of nitrogens with one attached hydrogen (secondary N) is 3. The van der Waals surface area contributed by atoms with Gasteiger partial charge in [-0.2, -0.15) is 5.10 Å². The first kappa shape index (κ1) is 13.8. The molecule has 0 unspecified atom stereocenters. The van der Waals surface area contributed by atoms with Crippen molar-refractivity contribution in [2.75, 3.05) is 0 Å². The van der Waals surface area contributed by atoms with Crippen LogP contribution in [-0.4, -0.2) is 21.1 Å². The molecule has 0 bridgehead atoms. The molecule has 2 aromatic carbocycles. The molecule has 3 N–H and O–H groups in total. The van der Waals surface area contributed by atoms with Crippen LogP contribution in [0.3, 0.4) is 0 Å². The lowest BCUT2D eigenvalue weighted by atomic mass is 10.0. The largest absolute Gasteiger partial charge is 0.345 e. The van der Waals surface area contributed by atoms with Crippen LogP contribution in [0.25, 0.3) is 11.1 Å². The van der Waals surface area contributed by atoms with E-state index in [0.717, 1.165) is 11.1 Å². The first-order valence-corrected chi connectivity index (χ1v) is 6.79. The quantitative estimate of drug-likeness (QED) is 0.684. The van der Waals surface area contributed by atoms with Gasteiger partial charge in [0.1, 0.15) is 5.82 Å². The van der Waals surface area contributed by atoms with Gasteiger partial charge in [0, 0.05) is 5.56 Å². The van der Waals surface area contributed by atoms with Crippen LogP contribution in [0.2, 0.25) is 0 Å². The maximum atomic E-state index is 12.0. The molecule has 0 aliphatic rings. The minimum atomic E-state index is -0.392. The number of hydrogen-bond donors (Lipinski definition) is 3. The van der Waals surface area contributed by atoms with Crippen molar-refractivity contribution in [2.45, 2.75) is 6.54 Å². The van der Waals surface area contributed by atoms with Crippen LogP contribution in [0.15, 0.2) is 59.4 Å². The zero-order valence-electron chi connectivity index (χ0n) is 11.7. The third kappa shape index (κ3) is 3.12. The number of benzene rings is 2. The summed E-state index contributed by atoms with van der Waals surface area (Å²) in [4.78, 5) is 25.4. The van der Waals surface area contributed by atoms with Crippen molar-refractivity contribution < 1.29 is 4.79 Å². The number of hydrogen-bond acceptors (Lipinski definition) is 3. The number of carbonyl (C=O) groups excluding carboxylic acids is 1. The molecule has 0 radical (unpaired) electrons. The first-order chi connectivity index (χ1) is 10.7. The van der Waals surface area contributed by atoms with E-state index in [9.17, 15) is 9.59 Å². The Morgan fingerprint density at radius 3 is 2.32 bits per heavy atom. The molecule has 22 heavy (non-hydrogen) atoms. The van der Waals surface area contributed by atoms with Gasteiger partial charge >= 0.3 is 5.69 Å². The van der Waals surface area contributed by atoms with Crippen molar-refractivity contribution in [1.29, 1.82) is 0 Å². The van der Waals surface area contributed by atoms with Crippen molar-refractivity contribution in [2.24, 2.45) is 0 Å². The standard InChI is InChI=1S/C16H14N4O2/c21-15(17-10-14-18-16(22)20-19-14)13-8-6-12(7-9-13)11-4-2-1-3-5-11/h1-9H,10H2,(H,17,21)(H2,18,19,20,22). The summed E-state index contributed by atoms with van der Waals surface area (Å²) in [5.74, 6) is 0.169. The maximum absolute atomic E-state index is 12.0. The third-order valence-corrected chi connectivity index (χ3v) is 3.22. The fourth-order valence-corrected chi connectivity index (χ4v) is 2.10. The van der Waals surface area contributed by atoms with E-state index in [1.807, 2.05) is 42.5 Å². The summed E-state index contributed by atoms with van der Waals surface area (Å²) >= 11 is 0. The molecule has 0 spiro atoms. The Balaban J connectivity index is 1.67. The van der Waals surface area contributed by atoms with E-state index >= 15 is 0 Å². The van der Waals surface area contributed by atoms with E-state index < -0.39 is 5.69 Å². The zero-order chi connectivity index (χ0) is 15.4. The Labute approximate surface area is 126 Å². The number of rotatable bonds is 4. The van der Waals surface area contributed by atoms with Gasteiger partial charge in [0.05, 0.1) is 6.54 Å². The second-order valence-corrected chi connectivity index (χ2v) is 4.75. The Morgan fingerprint density at radius 2 is 1.68 bits per heavy atom. The van der Waals surface area contributed by atoms with Gasteiger partial charge in [0.15, 0.2) is 0 Å². The van der Waals surface area contributed by atoms with E-state index in [1.54, 1.807) is 12.1 Å². The zero-order valence-corrected chi connectivity index (χ0v) is 11.7. The summed E-state index contributed by atoms with van der Waals surface area (Å²) < 4.78 is 0. The van der Waals surface area contributed by atoms with E-state index in [0.29, 0.717) is 11.4 Å². The van der Waals surface area contributed by atoms with Crippen LogP contribution >= 0.6 is 0 Å². The fraction of sp³-hybridized carbons (Fsp3) is 0.0625. The summed E-state index contributed by atoms with van der Waals surface area (Å²) in [7, 11) is 0. The van der Waals surface area contributed by atoms with Crippen LogP contribution in [0.5, 0.6) is 0 Å². The molecular weight excluding hydrogens is 280 g/mol. The van der Waals surface area contributed by atoms with Gasteiger partial charge in [-0.1, -0.05) is 42.5 Å². The maximum Gasteiger partial charge on any atom is 0.340 e. The number of carbonyl (C=O) groups is 1. The SMILES string of the molecule is O=C(NCc1n[nH]c(=O)[nH]1)c1ccc(-c2ccccc2)cc1. The summed E-state index contributed by atoms with van der Waals surface area (Å²) in [5, 5.41) is 8.67. The van der Waals surface area contributed by atoms with Crippen molar-refractivity contribution >= 4 is 5.91 Å². The average Bonchev–Trinajstić information content (AvgIpc) is 2.99. The summed E-state index contributed by atoms with van der Waals surface area (Å²) in [6.45, 7) is 0.165.